The van der Waals surface area contributed by atoms with E-state index in [9.17, 15) is 4.79 Å². The summed E-state index contributed by atoms with van der Waals surface area (Å²) in [6.45, 7) is 0. The minimum absolute atomic E-state index is 0.0644. The number of aromatic nitrogens is 3. The molecule has 3 heterocycles. The summed E-state index contributed by atoms with van der Waals surface area (Å²) < 4.78 is 2.37. The SMILES string of the molecule is Nc1nccc(-c2cc3c(n2C2CCC2)CC(C2CC2)NC3=O)n1. The Bertz CT molecular complexity index is 819. The third-order valence-corrected chi connectivity index (χ3v) is 5.68. The zero-order chi connectivity index (χ0) is 16.3. The number of hydrogen-bond acceptors (Lipinski definition) is 4. The summed E-state index contributed by atoms with van der Waals surface area (Å²) in [5.41, 5.74) is 9.59. The van der Waals surface area contributed by atoms with Crippen LogP contribution >= 0.6 is 0 Å². The fourth-order valence-electron chi connectivity index (χ4n) is 4.03. The average Bonchev–Trinajstić information content (AvgIpc) is 3.29. The minimum Gasteiger partial charge on any atom is -0.368 e. The molecule has 0 spiro atoms. The van der Waals surface area contributed by atoms with E-state index in [-0.39, 0.29) is 11.9 Å². The van der Waals surface area contributed by atoms with E-state index in [2.05, 4.69) is 19.9 Å². The van der Waals surface area contributed by atoms with Gasteiger partial charge >= 0.3 is 0 Å². The smallest absolute Gasteiger partial charge is 0.253 e. The van der Waals surface area contributed by atoms with Crippen molar-refractivity contribution in [2.75, 3.05) is 5.73 Å². The highest BCUT2D eigenvalue weighted by atomic mass is 16.1. The van der Waals surface area contributed by atoms with Crippen molar-refractivity contribution in [3.63, 3.8) is 0 Å². The molecule has 2 saturated carbocycles. The van der Waals surface area contributed by atoms with Crippen LogP contribution in [0.25, 0.3) is 11.4 Å². The Kier molecular flexibility index (Phi) is 2.96. The molecule has 1 aliphatic heterocycles. The molecule has 5 rings (SSSR count). The molecule has 0 radical (unpaired) electrons. The van der Waals surface area contributed by atoms with Gasteiger partial charge in [-0.15, -0.1) is 0 Å². The van der Waals surface area contributed by atoms with Crippen LogP contribution in [-0.2, 0) is 6.42 Å². The van der Waals surface area contributed by atoms with E-state index in [4.69, 9.17) is 5.73 Å². The summed E-state index contributed by atoms with van der Waals surface area (Å²) >= 11 is 0. The Labute approximate surface area is 140 Å². The van der Waals surface area contributed by atoms with E-state index in [1.54, 1.807) is 6.20 Å². The van der Waals surface area contributed by atoms with Crippen molar-refractivity contribution in [3.8, 4) is 11.4 Å². The zero-order valence-electron chi connectivity index (χ0n) is 13.5. The fourth-order valence-corrected chi connectivity index (χ4v) is 4.03. The van der Waals surface area contributed by atoms with E-state index >= 15 is 0 Å². The second-order valence-corrected chi connectivity index (χ2v) is 7.27. The van der Waals surface area contributed by atoms with Crippen LogP contribution in [0, 0.1) is 5.92 Å². The number of nitrogen functional groups attached to an aromatic ring is 1. The molecule has 6 nitrogen and oxygen atoms in total. The molecule has 1 amide bonds. The number of anilines is 1. The van der Waals surface area contributed by atoms with Gasteiger partial charge in [0.25, 0.3) is 5.91 Å². The van der Waals surface area contributed by atoms with Gasteiger partial charge in [0, 0.05) is 30.4 Å². The third kappa shape index (κ3) is 2.12. The summed E-state index contributed by atoms with van der Waals surface area (Å²) in [7, 11) is 0. The van der Waals surface area contributed by atoms with Gasteiger partial charge in [-0.3, -0.25) is 4.79 Å². The van der Waals surface area contributed by atoms with Crippen LogP contribution in [-0.4, -0.2) is 26.5 Å². The van der Waals surface area contributed by atoms with E-state index in [1.165, 1.54) is 37.8 Å². The maximum atomic E-state index is 12.6. The first kappa shape index (κ1) is 14.0. The molecule has 2 aromatic heterocycles. The molecule has 1 unspecified atom stereocenters. The molecule has 0 saturated heterocycles. The predicted octanol–water partition coefficient (Wildman–Crippen LogP) is 2.32. The number of carbonyl (C=O) groups excluding carboxylic acids is 1. The second-order valence-electron chi connectivity index (χ2n) is 7.27. The number of nitrogens with two attached hydrogens (primary N) is 1. The minimum atomic E-state index is 0.0644. The van der Waals surface area contributed by atoms with Gasteiger partial charge in [0.2, 0.25) is 5.95 Å². The molecule has 124 valence electrons. The van der Waals surface area contributed by atoms with Crippen LogP contribution in [0.3, 0.4) is 0 Å². The highest BCUT2D eigenvalue weighted by Crippen LogP contribution is 2.42. The Morgan fingerprint density at radius 1 is 1.25 bits per heavy atom. The molecule has 2 aliphatic carbocycles. The maximum absolute atomic E-state index is 12.6. The van der Waals surface area contributed by atoms with Gasteiger partial charge in [0.15, 0.2) is 0 Å². The van der Waals surface area contributed by atoms with Crippen LogP contribution in [0.4, 0.5) is 5.95 Å². The number of carbonyl (C=O) groups is 1. The monoisotopic (exact) mass is 323 g/mol. The van der Waals surface area contributed by atoms with Crippen molar-refractivity contribution < 1.29 is 4.79 Å². The summed E-state index contributed by atoms with van der Waals surface area (Å²) in [6.07, 6.45) is 8.68. The Hall–Kier alpha value is -2.37. The summed E-state index contributed by atoms with van der Waals surface area (Å²) in [6, 6.07) is 4.64. The van der Waals surface area contributed by atoms with Crippen LogP contribution in [0.5, 0.6) is 0 Å². The lowest BCUT2D eigenvalue weighted by molar-refractivity contribution is 0.0917. The van der Waals surface area contributed by atoms with Crippen molar-refractivity contribution in [2.24, 2.45) is 5.92 Å². The molecule has 0 aromatic carbocycles. The van der Waals surface area contributed by atoms with Crippen molar-refractivity contribution in [1.82, 2.24) is 19.9 Å². The molecule has 1 atom stereocenters. The van der Waals surface area contributed by atoms with Gasteiger partial charge in [-0.05, 0) is 50.2 Å². The van der Waals surface area contributed by atoms with Crippen molar-refractivity contribution in [2.45, 2.75) is 50.6 Å². The number of nitrogens with zero attached hydrogens (tertiary/aromatic N) is 3. The third-order valence-electron chi connectivity index (χ3n) is 5.68. The molecule has 3 aliphatic rings. The van der Waals surface area contributed by atoms with Crippen LogP contribution in [0.2, 0.25) is 0 Å². The van der Waals surface area contributed by atoms with Gasteiger partial charge in [0.1, 0.15) is 0 Å². The van der Waals surface area contributed by atoms with E-state index in [0.29, 0.717) is 18.0 Å². The first-order chi connectivity index (χ1) is 11.7. The molecule has 6 heteroatoms. The summed E-state index contributed by atoms with van der Waals surface area (Å²) in [5, 5.41) is 3.20. The second kappa shape index (κ2) is 5.06. The van der Waals surface area contributed by atoms with Crippen molar-refractivity contribution in [3.05, 3.63) is 29.6 Å². The number of rotatable bonds is 3. The van der Waals surface area contributed by atoms with Crippen molar-refractivity contribution >= 4 is 11.9 Å². The number of hydrogen-bond donors (Lipinski definition) is 2. The normalized spacial score (nSPS) is 23.5. The first-order valence-corrected chi connectivity index (χ1v) is 8.84. The Balaban J connectivity index is 1.65. The lowest BCUT2D eigenvalue weighted by atomic mass is 9.91. The van der Waals surface area contributed by atoms with E-state index < -0.39 is 0 Å². The Morgan fingerprint density at radius 2 is 2.08 bits per heavy atom. The predicted molar refractivity (Wildman–Crippen MR) is 90.4 cm³/mol. The van der Waals surface area contributed by atoms with Crippen molar-refractivity contribution in [1.29, 1.82) is 0 Å². The molecule has 2 aromatic rings. The van der Waals surface area contributed by atoms with Gasteiger partial charge < -0.3 is 15.6 Å². The largest absolute Gasteiger partial charge is 0.368 e. The van der Waals surface area contributed by atoms with Crippen LogP contribution in [0.1, 0.15) is 54.2 Å². The topological polar surface area (TPSA) is 85.8 Å². The van der Waals surface area contributed by atoms with Gasteiger partial charge in [-0.1, -0.05) is 0 Å². The molecular weight excluding hydrogens is 302 g/mol. The number of nitrogens with one attached hydrogen (secondary N) is 1. The van der Waals surface area contributed by atoms with Crippen LogP contribution < -0.4 is 11.1 Å². The van der Waals surface area contributed by atoms with Gasteiger partial charge in [-0.25, -0.2) is 9.97 Å². The maximum Gasteiger partial charge on any atom is 0.253 e. The van der Waals surface area contributed by atoms with Gasteiger partial charge in [-0.2, -0.15) is 0 Å². The lowest BCUT2D eigenvalue weighted by Crippen LogP contribution is -2.43. The number of amides is 1. The van der Waals surface area contributed by atoms with E-state index in [0.717, 1.165) is 23.4 Å². The number of fused-ring (bicyclic) bond motifs is 1. The quantitative estimate of drug-likeness (QED) is 0.907. The fraction of sp³-hybridized carbons (Fsp3) is 0.500. The molecular formula is C18H21N5O. The lowest BCUT2D eigenvalue weighted by Gasteiger charge is -2.33. The molecule has 24 heavy (non-hydrogen) atoms. The van der Waals surface area contributed by atoms with Gasteiger partial charge in [0.05, 0.1) is 17.0 Å². The highest BCUT2D eigenvalue weighted by Gasteiger charge is 2.39. The molecule has 0 bridgehead atoms. The Morgan fingerprint density at radius 3 is 2.75 bits per heavy atom. The highest BCUT2D eigenvalue weighted by molar-refractivity contribution is 5.98. The summed E-state index contributed by atoms with van der Waals surface area (Å²) in [4.78, 5) is 21.0. The van der Waals surface area contributed by atoms with E-state index in [1.807, 2.05) is 12.1 Å². The standard InChI is InChI=1S/C18H21N5O/c19-18-20-7-6-13(22-18)16-8-12-15(23(16)11-2-1-3-11)9-14(10-4-5-10)21-17(12)24/h6-8,10-11,14H,1-5,9H2,(H,21,24)(H2,19,20,22). The first-order valence-electron chi connectivity index (χ1n) is 8.84. The average molecular weight is 323 g/mol. The summed E-state index contributed by atoms with van der Waals surface area (Å²) in [5.74, 6) is 0.992. The zero-order valence-corrected chi connectivity index (χ0v) is 13.5. The molecule has 2 fully saturated rings. The van der Waals surface area contributed by atoms with Crippen LogP contribution in [0.15, 0.2) is 18.3 Å². The molecule has 3 N–H and O–H groups in total.